The van der Waals surface area contributed by atoms with Gasteiger partial charge in [0, 0.05) is 9.12 Å². The molecule has 0 radical (unpaired) electrons. The zero-order chi connectivity index (χ0) is 6.57. The van der Waals surface area contributed by atoms with Crippen LogP contribution >= 0.6 is 34.2 Å². The van der Waals surface area contributed by atoms with E-state index in [1.165, 1.54) is 5.54 Å². The Morgan fingerprint density at radius 3 is 2.38 bits per heavy atom. The molecule has 0 aliphatic rings. The monoisotopic (exact) mass is 243 g/mol. The van der Waals surface area contributed by atoms with Crippen molar-refractivity contribution in [3.63, 3.8) is 0 Å². The average Bonchev–Trinajstić information content (AvgIpc) is 1.84. The Labute approximate surface area is 67.7 Å². The third-order valence-corrected chi connectivity index (χ3v) is 2.13. The average molecular weight is 243 g/mol. The fourth-order valence-corrected chi connectivity index (χ4v) is 0.676. The van der Waals surface area contributed by atoms with Gasteiger partial charge < -0.3 is 5.73 Å². The molecule has 0 spiro atoms. The smallest absolute Gasteiger partial charge is 0.0561 e. The minimum Gasteiger partial charge on any atom is -0.397 e. The molecule has 0 saturated carbocycles. The molecule has 0 aromatic carbocycles. The molecule has 46 valence electrons. The van der Waals surface area contributed by atoms with Crippen molar-refractivity contribution in [3.8, 4) is 0 Å². The minimum atomic E-state index is 0.620. The molecule has 0 unspecified atom stereocenters. The summed E-state index contributed by atoms with van der Waals surface area (Å²) in [5, 5.41) is 0. The van der Waals surface area contributed by atoms with Crippen LogP contribution in [-0.2, 0) is 0 Å². The van der Waals surface area contributed by atoms with Crippen molar-refractivity contribution in [2.75, 3.05) is 0 Å². The summed E-state index contributed by atoms with van der Waals surface area (Å²) in [7, 11) is 0. The summed E-state index contributed by atoms with van der Waals surface area (Å²) in [5.41, 5.74) is 7.36. The first-order valence-corrected chi connectivity index (χ1v) is 3.62. The zero-order valence-corrected chi connectivity index (χ0v) is 7.40. The van der Waals surface area contributed by atoms with Crippen molar-refractivity contribution < 1.29 is 0 Å². The fourth-order valence-electron chi connectivity index (χ4n) is 0.219. The van der Waals surface area contributed by atoms with E-state index in [1.54, 1.807) is 0 Å². The summed E-state index contributed by atoms with van der Waals surface area (Å²) < 4.78 is 0.984. The maximum absolute atomic E-state index is 5.38. The molecule has 0 bridgehead atoms. The number of halogens is 2. The summed E-state index contributed by atoms with van der Waals surface area (Å²) in [6, 6.07) is 0. The molecule has 0 heterocycles. The van der Waals surface area contributed by atoms with E-state index in [0.29, 0.717) is 5.70 Å². The molecular weight excluding hydrogens is 236 g/mol. The molecule has 0 aromatic heterocycles. The highest BCUT2D eigenvalue weighted by molar-refractivity contribution is 14.1. The van der Waals surface area contributed by atoms with Gasteiger partial charge in [-0.3, -0.25) is 0 Å². The molecule has 0 aliphatic heterocycles. The van der Waals surface area contributed by atoms with Crippen LogP contribution in [0.15, 0.2) is 20.9 Å². The van der Waals surface area contributed by atoms with Crippen LogP contribution in [-0.4, -0.2) is 0 Å². The van der Waals surface area contributed by atoms with Gasteiger partial charge in [0.25, 0.3) is 0 Å². The van der Waals surface area contributed by atoms with E-state index in [-0.39, 0.29) is 0 Å². The van der Waals surface area contributed by atoms with Crippen molar-refractivity contribution in [2.24, 2.45) is 5.73 Å². The van der Waals surface area contributed by atoms with E-state index in [1.807, 2.05) is 13.0 Å². The van der Waals surface area contributed by atoms with E-state index in [9.17, 15) is 0 Å². The van der Waals surface area contributed by atoms with E-state index < -0.39 is 0 Å². The Balaban J connectivity index is 4.04. The Bertz CT molecular complexity index is 112. The summed E-state index contributed by atoms with van der Waals surface area (Å²) in [6.45, 7) is 1.91. The number of nitrogens with two attached hydrogens (primary N) is 1. The predicted molar refractivity (Wildman–Crippen MR) is 45.9 cm³/mol. The number of rotatable bonds is 1. The van der Waals surface area contributed by atoms with Crippen molar-refractivity contribution in [1.82, 2.24) is 0 Å². The maximum atomic E-state index is 5.38. The van der Waals surface area contributed by atoms with E-state index >= 15 is 0 Å². The van der Waals surface area contributed by atoms with Crippen LogP contribution in [0, 0.1) is 0 Å². The molecule has 0 atom stereocenters. The van der Waals surface area contributed by atoms with Crippen molar-refractivity contribution in [1.29, 1.82) is 0 Å². The van der Waals surface area contributed by atoms with Gasteiger partial charge in [-0.05, 0) is 29.5 Å². The highest BCUT2D eigenvalue weighted by Crippen LogP contribution is 2.12. The fraction of sp³-hybridized carbons (Fsp3) is 0.200. The lowest BCUT2D eigenvalue weighted by Crippen LogP contribution is -1.93. The van der Waals surface area contributed by atoms with Gasteiger partial charge >= 0.3 is 0 Å². The third-order valence-electron chi connectivity index (χ3n) is 0.647. The molecule has 2 N–H and O–H groups in total. The van der Waals surface area contributed by atoms with Crippen LogP contribution in [0.3, 0.4) is 0 Å². The lowest BCUT2D eigenvalue weighted by Gasteiger charge is -1.92. The molecule has 1 nitrogen and oxygen atoms in total. The van der Waals surface area contributed by atoms with Crippen LogP contribution in [0.5, 0.6) is 0 Å². The van der Waals surface area contributed by atoms with E-state index in [4.69, 9.17) is 17.3 Å². The molecule has 0 rings (SSSR count). The Hall–Kier alpha value is 0.300. The molecule has 0 saturated heterocycles. The van der Waals surface area contributed by atoms with Crippen molar-refractivity contribution in [3.05, 3.63) is 20.9 Å². The van der Waals surface area contributed by atoms with Crippen LogP contribution in [0.1, 0.15) is 6.92 Å². The first kappa shape index (κ1) is 8.30. The van der Waals surface area contributed by atoms with Crippen LogP contribution in [0.4, 0.5) is 0 Å². The van der Waals surface area contributed by atoms with Crippen molar-refractivity contribution >= 4 is 34.2 Å². The second-order valence-corrected chi connectivity index (χ2v) is 2.58. The highest BCUT2D eigenvalue weighted by atomic mass is 127. The summed E-state index contributed by atoms with van der Waals surface area (Å²) in [5.74, 6) is 0. The second kappa shape index (κ2) is 4.21. The molecular formula is C5H7ClIN. The quantitative estimate of drug-likeness (QED) is 0.555. The molecule has 0 aromatic rings. The standard InChI is InChI=1S/C5H7ClIN/c1-2-4(7)5(8)3-6/h2-3H,8H2,1H3/b4-2+,5-3+. The van der Waals surface area contributed by atoms with Gasteiger partial charge in [0.15, 0.2) is 0 Å². The Morgan fingerprint density at radius 2 is 2.25 bits per heavy atom. The number of allylic oxidation sites excluding steroid dienone is 2. The Morgan fingerprint density at radius 1 is 1.75 bits per heavy atom. The van der Waals surface area contributed by atoms with Gasteiger partial charge in [-0.2, -0.15) is 0 Å². The highest BCUT2D eigenvalue weighted by Gasteiger charge is 1.89. The van der Waals surface area contributed by atoms with Crippen LogP contribution in [0.2, 0.25) is 0 Å². The van der Waals surface area contributed by atoms with Gasteiger partial charge in [-0.15, -0.1) is 0 Å². The van der Waals surface area contributed by atoms with Gasteiger partial charge in [0.05, 0.1) is 5.70 Å². The molecule has 3 heteroatoms. The van der Waals surface area contributed by atoms with Crippen molar-refractivity contribution in [2.45, 2.75) is 6.92 Å². The number of hydrogen-bond donors (Lipinski definition) is 1. The van der Waals surface area contributed by atoms with Crippen LogP contribution in [0.25, 0.3) is 0 Å². The molecule has 8 heavy (non-hydrogen) atoms. The molecule has 0 aliphatic carbocycles. The third kappa shape index (κ3) is 2.57. The van der Waals surface area contributed by atoms with Gasteiger partial charge in [0.1, 0.15) is 0 Å². The Kier molecular flexibility index (Phi) is 4.36. The van der Waals surface area contributed by atoms with Gasteiger partial charge in [-0.1, -0.05) is 17.7 Å². The minimum absolute atomic E-state index is 0.620. The first-order valence-electron chi connectivity index (χ1n) is 2.10. The van der Waals surface area contributed by atoms with E-state index in [0.717, 1.165) is 3.58 Å². The largest absolute Gasteiger partial charge is 0.397 e. The van der Waals surface area contributed by atoms with Crippen LogP contribution < -0.4 is 5.73 Å². The zero-order valence-electron chi connectivity index (χ0n) is 4.49. The number of hydrogen-bond acceptors (Lipinski definition) is 1. The lowest BCUT2D eigenvalue weighted by molar-refractivity contribution is 1.42. The van der Waals surface area contributed by atoms with Gasteiger partial charge in [-0.25, -0.2) is 0 Å². The summed E-state index contributed by atoms with van der Waals surface area (Å²) in [6.07, 6.45) is 1.90. The topological polar surface area (TPSA) is 26.0 Å². The SMILES string of the molecule is C/C=C(I)\C(N)=C/Cl. The van der Waals surface area contributed by atoms with Gasteiger partial charge in [0.2, 0.25) is 0 Å². The summed E-state index contributed by atoms with van der Waals surface area (Å²) in [4.78, 5) is 0. The maximum Gasteiger partial charge on any atom is 0.0561 e. The van der Waals surface area contributed by atoms with E-state index in [2.05, 4.69) is 22.6 Å². The normalized spacial score (nSPS) is 14.4. The molecule has 0 fully saturated rings. The first-order chi connectivity index (χ1) is 3.72. The molecule has 0 amide bonds. The summed E-state index contributed by atoms with van der Waals surface area (Å²) >= 11 is 7.41. The lowest BCUT2D eigenvalue weighted by atomic mass is 10.4. The predicted octanol–water partition coefficient (Wildman–Crippen LogP) is 2.36. The second-order valence-electron chi connectivity index (χ2n) is 1.20.